The van der Waals surface area contributed by atoms with Gasteiger partial charge in [-0.2, -0.15) is 10.4 Å². The van der Waals surface area contributed by atoms with Crippen molar-refractivity contribution >= 4 is 11.7 Å². The van der Waals surface area contributed by atoms with Gasteiger partial charge in [-0.15, -0.1) is 5.10 Å². The Bertz CT molecular complexity index is 824. The summed E-state index contributed by atoms with van der Waals surface area (Å²) in [6.45, 7) is 2.41. The fourth-order valence-corrected chi connectivity index (χ4v) is 3.01. The molecule has 1 atom stereocenters. The lowest BCUT2D eigenvalue weighted by Crippen LogP contribution is -2.32. The van der Waals surface area contributed by atoms with Crippen LogP contribution in [0.15, 0.2) is 24.3 Å². The standard InChI is InChI=1S/C18H20N6O/c1-12-13(11-19)6-7-15(20-12)18(25)24-10-4-5-16(24)14-8-9-17(22-21-14)23(2)3/h6-9,16H,4-5,10H2,1-3H3. The zero-order valence-corrected chi connectivity index (χ0v) is 14.6. The van der Waals surface area contributed by atoms with E-state index in [-0.39, 0.29) is 11.9 Å². The van der Waals surface area contributed by atoms with Gasteiger partial charge in [-0.3, -0.25) is 4.79 Å². The van der Waals surface area contributed by atoms with Crippen LogP contribution in [0.2, 0.25) is 0 Å². The number of pyridine rings is 1. The highest BCUT2D eigenvalue weighted by Gasteiger charge is 2.32. The molecular formula is C18H20N6O. The fraction of sp³-hybridized carbons (Fsp3) is 0.389. The van der Waals surface area contributed by atoms with Crippen molar-refractivity contribution in [3.8, 4) is 6.07 Å². The Morgan fingerprint density at radius 3 is 2.68 bits per heavy atom. The minimum atomic E-state index is -0.131. The molecule has 1 fully saturated rings. The summed E-state index contributed by atoms with van der Waals surface area (Å²) in [6.07, 6.45) is 1.78. The van der Waals surface area contributed by atoms with Crippen LogP contribution < -0.4 is 4.90 Å². The maximum atomic E-state index is 12.9. The zero-order chi connectivity index (χ0) is 18.0. The van der Waals surface area contributed by atoms with Crippen LogP contribution >= 0.6 is 0 Å². The summed E-state index contributed by atoms with van der Waals surface area (Å²) >= 11 is 0. The molecule has 0 aromatic carbocycles. The van der Waals surface area contributed by atoms with Crippen LogP contribution in [0.3, 0.4) is 0 Å². The summed E-state index contributed by atoms with van der Waals surface area (Å²) in [6, 6.07) is 9.08. The first-order valence-electron chi connectivity index (χ1n) is 8.21. The molecule has 1 saturated heterocycles. The van der Waals surface area contributed by atoms with Crippen molar-refractivity contribution in [2.24, 2.45) is 0 Å². The highest BCUT2D eigenvalue weighted by molar-refractivity contribution is 5.93. The number of nitrogens with zero attached hydrogens (tertiary/aromatic N) is 6. The molecule has 0 saturated carbocycles. The van der Waals surface area contributed by atoms with Crippen molar-refractivity contribution in [2.45, 2.75) is 25.8 Å². The highest BCUT2D eigenvalue weighted by Crippen LogP contribution is 2.32. The number of anilines is 1. The molecule has 128 valence electrons. The summed E-state index contributed by atoms with van der Waals surface area (Å²) in [7, 11) is 3.82. The first-order valence-corrected chi connectivity index (χ1v) is 8.21. The van der Waals surface area contributed by atoms with E-state index in [1.165, 1.54) is 0 Å². The summed E-state index contributed by atoms with van der Waals surface area (Å²) in [5.41, 5.74) is 2.21. The third-order valence-electron chi connectivity index (χ3n) is 4.41. The first-order chi connectivity index (χ1) is 12.0. The van der Waals surface area contributed by atoms with E-state index in [0.717, 1.165) is 24.4 Å². The third kappa shape index (κ3) is 3.29. The monoisotopic (exact) mass is 336 g/mol. The van der Waals surface area contributed by atoms with Crippen LogP contribution in [0, 0.1) is 18.3 Å². The van der Waals surface area contributed by atoms with E-state index >= 15 is 0 Å². The number of carbonyl (C=O) groups excluding carboxylic acids is 1. The van der Waals surface area contributed by atoms with Crippen LogP contribution in [-0.2, 0) is 0 Å². The van der Waals surface area contributed by atoms with Crippen molar-refractivity contribution in [3.05, 3.63) is 46.9 Å². The lowest BCUT2D eigenvalue weighted by molar-refractivity contribution is 0.0726. The van der Waals surface area contributed by atoms with Crippen molar-refractivity contribution < 1.29 is 4.79 Å². The number of amides is 1. The SMILES string of the molecule is Cc1nc(C(=O)N2CCCC2c2ccc(N(C)C)nn2)ccc1C#N. The normalized spacial score (nSPS) is 16.6. The summed E-state index contributed by atoms with van der Waals surface area (Å²) < 4.78 is 0. The zero-order valence-electron chi connectivity index (χ0n) is 14.6. The van der Waals surface area contributed by atoms with Gasteiger partial charge >= 0.3 is 0 Å². The largest absolute Gasteiger partial charge is 0.361 e. The fourth-order valence-electron chi connectivity index (χ4n) is 3.01. The Morgan fingerprint density at radius 2 is 2.08 bits per heavy atom. The van der Waals surface area contributed by atoms with E-state index in [4.69, 9.17) is 5.26 Å². The van der Waals surface area contributed by atoms with E-state index in [0.29, 0.717) is 23.5 Å². The third-order valence-corrected chi connectivity index (χ3v) is 4.41. The molecule has 0 bridgehead atoms. The van der Waals surface area contributed by atoms with E-state index in [9.17, 15) is 4.79 Å². The molecule has 0 aliphatic carbocycles. The maximum Gasteiger partial charge on any atom is 0.273 e. The number of aromatic nitrogens is 3. The van der Waals surface area contributed by atoms with Gasteiger partial charge in [0.25, 0.3) is 5.91 Å². The highest BCUT2D eigenvalue weighted by atomic mass is 16.2. The lowest BCUT2D eigenvalue weighted by Gasteiger charge is -2.24. The summed E-state index contributed by atoms with van der Waals surface area (Å²) in [5, 5.41) is 17.5. The van der Waals surface area contributed by atoms with Crippen molar-refractivity contribution in [2.75, 3.05) is 25.5 Å². The van der Waals surface area contributed by atoms with Crippen LogP contribution in [-0.4, -0.2) is 46.6 Å². The molecule has 2 aromatic heterocycles. The lowest BCUT2D eigenvalue weighted by atomic mass is 10.1. The van der Waals surface area contributed by atoms with Gasteiger partial charge in [0.1, 0.15) is 11.8 Å². The smallest absolute Gasteiger partial charge is 0.273 e. The molecule has 2 aromatic rings. The van der Waals surface area contributed by atoms with E-state index in [1.807, 2.05) is 31.1 Å². The number of aryl methyl sites for hydroxylation is 1. The average molecular weight is 336 g/mol. The van der Waals surface area contributed by atoms with Gasteiger partial charge in [0.15, 0.2) is 5.82 Å². The van der Waals surface area contributed by atoms with Crippen molar-refractivity contribution in [3.63, 3.8) is 0 Å². The van der Waals surface area contributed by atoms with Crippen LogP contribution in [0.25, 0.3) is 0 Å². The first kappa shape index (κ1) is 16.8. The molecular weight excluding hydrogens is 316 g/mol. The number of hydrogen-bond donors (Lipinski definition) is 0. The molecule has 0 radical (unpaired) electrons. The summed E-state index contributed by atoms with van der Waals surface area (Å²) in [5.74, 6) is 0.651. The molecule has 3 rings (SSSR count). The Morgan fingerprint density at radius 1 is 1.28 bits per heavy atom. The Labute approximate surface area is 146 Å². The van der Waals surface area contributed by atoms with Crippen LogP contribution in [0.5, 0.6) is 0 Å². The van der Waals surface area contributed by atoms with Crippen LogP contribution in [0.4, 0.5) is 5.82 Å². The second kappa shape index (κ2) is 6.85. The molecule has 1 amide bonds. The molecule has 1 aliphatic rings. The minimum Gasteiger partial charge on any atom is -0.361 e. The molecule has 3 heterocycles. The summed E-state index contributed by atoms with van der Waals surface area (Å²) in [4.78, 5) is 20.9. The molecule has 1 unspecified atom stereocenters. The van der Waals surface area contributed by atoms with E-state index in [2.05, 4.69) is 21.3 Å². The number of carbonyl (C=O) groups is 1. The topological polar surface area (TPSA) is 86.0 Å². The number of rotatable bonds is 3. The molecule has 7 heteroatoms. The van der Waals surface area contributed by atoms with Crippen LogP contribution in [0.1, 0.15) is 46.3 Å². The molecule has 0 spiro atoms. The van der Waals surface area contributed by atoms with Gasteiger partial charge in [0.05, 0.1) is 23.0 Å². The Balaban J connectivity index is 1.84. The average Bonchev–Trinajstić information content (AvgIpc) is 3.10. The van der Waals surface area contributed by atoms with E-state index < -0.39 is 0 Å². The van der Waals surface area contributed by atoms with Gasteiger partial charge in [0.2, 0.25) is 0 Å². The van der Waals surface area contributed by atoms with Gasteiger partial charge < -0.3 is 9.80 Å². The molecule has 7 nitrogen and oxygen atoms in total. The predicted octanol–water partition coefficient (Wildman–Crippen LogP) is 2.09. The molecule has 1 aliphatic heterocycles. The van der Waals surface area contributed by atoms with Gasteiger partial charge in [-0.1, -0.05) is 0 Å². The Hall–Kier alpha value is -3.01. The maximum absolute atomic E-state index is 12.9. The molecule has 0 N–H and O–H groups in total. The minimum absolute atomic E-state index is 0.0889. The molecule has 25 heavy (non-hydrogen) atoms. The number of nitriles is 1. The van der Waals surface area contributed by atoms with E-state index in [1.54, 1.807) is 24.0 Å². The van der Waals surface area contributed by atoms with Crippen molar-refractivity contribution in [1.29, 1.82) is 5.26 Å². The quantitative estimate of drug-likeness (QED) is 0.853. The Kier molecular flexibility index (Phi) is 4.61. The second-order valence-electron chi connectivity index (χ2n) is 6.31. The van der Waals surface area contributed by atoms with Gasteiger partial charge in [0, 0.05) is 20.6 Å². The van der Waals surface area contributed by atoms with Gasteiger partial charge in [-0.25, -0.2) is 4.98 Å². The second-order valence-corrected chi connectivity index (χ2v) is 6.31. The van der Waals surface area contributed by atoms with Crippen molar-refractivity contribution in [1.82, 2.24) is 20.1 Å². The van der Waals surface area contributed by atoms with Gasteiger partial charge in [-0.05, 0) is 44.0 Å². The number of hydrogen-bond acceptors (Lipinski definition) is 6. The predicted molar refractivity (Wildman–Crippen MR) is 93.1 cm³/mol. The number of likely N-dealkylation sites (tertiary alicyclic amines) is 1.